The van der Waals surface area contributed by atoms with Crippen molar-refractivity contribution in [3.8, 4) is 0 Å². The highest BCUT2D eigenvalue weighted by molar-refractivity contribution is 9.10. The van der Waals surface area contributed by atoms with Crippen LogP contribution >= 0.6 is 28.3 Å². The van der Waals surface area contributed by atoms with Gasteiger partial charge in [-0.3, -0.25) is 4.79 Å². The van der Waals surface area contributed by atoms with Crippen LogP contribution in [-0.2, 0) is 9.53 Å². The molecule has 3 rings (SSSR count). The molecule has 1 unspecified atom stereocenters. The van der Waals surface area contributed by atoms with Gasteiger partial charge < -0.3 is 15.0 Å². The van der Waals surface area contributed by atoms with Crippen molar-refractivity contribution in [1.82, 2.24) is 10.2 Å². The molecule has 1 atom stereocenters. The molecule has 1 aliphatic heterocycles. The Hall–Kier alpha value is -0.620. The summed E-state index contributed by atoms with van der Waals surface area (Å²) in [5, 5.41) is 3.27. The largest absolute Gasteiger partial charge is 0.370 e. The van der Waals surface area contributed by atoms with Crippen LogP contribution in [0.2, 0.25) is 0 Å². The molecule has 0 radical (unpaired) electrons. The summed E-state index contributed by atoms with van der Waals surface area (Å²) < 4.78 is 6.86. The number of nitrogens with zero attached hydrogens (tertiary/aromatic N) is 1. The molecule has 122 valence electrons. The van der Waals surface area contributed by atoms with E-state index in [2.05, 4.69) is 21.2 Å². The minimum absolute atomic E-state index is 0. The molecule has 1 saturated heterocycles. The standard InChI is InChI=1S/C16H21BrN2O2.ClH/c17-14-5-3-13(4-6-14)15-11-19(7-8-21-15)16(20)10-18-9-12-1-2-12;/h3-6,12,15,18H,1-2,7-11H2;1H. The summed E-state index contributed by atoms with van der Waals surface area (Å²) in [7, 11) is 0. The van der Waals surface area contributed by atoms with Crippen molar-refractivity contribution in [3.05, 3.63) is 34.3 Å². The molecule has 0 spiro atoms. The van der Waals surface area contributed by atoms with Gasteiger partial charge in [-0.25, -0.2) is 0 Å². The second-order valence-corrected chi connectivity index (χ2v) is 6.74. The minimum atomic E-state index is -0.0146. The van der Waals surface area contributed by atoms with Crippen LogP contribution in [0.3, 0.4) is 0 Å². The zero-order valence-electron chi connectivity index (χ0n) is 12.5. The first-order valence-corrected chi connectivity index (χ1v) is 8.37. The Morgan fingerprint density at radius 1 is 1.32 bits per heavy atom. The van der Waals surface area contributed by atoms with Gasteiger partial charge in [0.15, 0.2) is 0 Å². The fraction of sp³-hybridized carbons (Fsp3) is 0.562. The predicted molar refractivity (Wildman–Crippen MR) is 92.3 cm³/mol. The third-order valence-corrected chi connectivity index (χ3v) is 4.60. The Balaban J connectivity index is 0.00000176. The Morgan fingerprint density at radius 2 is 2.05 bits per heavy atom. The highest BCUT2D eigenvalue weighted by atomic mass is 79.9. The quantitative estimate of drug-likeness (QED) is 0.842. The van der Waals surface area contributed by atoms with Crippen molar-refractivity contribution < 1.29 is 9.53 Å². The number of morpholine rings is 1. The summed E-state index contributed by atoms with van der Waals surface area (Å²) in [6.07, 6.45) is 2.61. The summed E-state index contributed by atoms with van der Waals surface area (Å²) in [5.74, 6) is 0.985. The molecular weight excluding hydrogens is 368 g/mol. The molecule has 2 fully saturated rings. The number of benzene rings is 1. The summed E-state index contributed by atoms with van der Waals surface area (Å²) in [6.45, 7) is 3.37. The molecule has 0 aromatic heterocycles. The van der Waals surface area contributed by atoms with Gasteiger partial charge in [-0.1, -0.05) is 28.1 Å². The van der Waals surface area contributed by atoms with E-state index in [0.717, 1.165) is 22.5 Å². The number of hydrogen-bond donors (Lipinski definition) is 1. The van der Waals surface area contributed by atoms with Crippen molar-refractivity contribution in [1.29, 1.82) is 0 Å². The molecular formula is C16H22BrClN2O2. The summed E-state index contributed by atoms with van der Waals surface area (Å²) in [5.41, 5.74) is 1.13. The molecule has 1 aromatic rings. The smallest absolute Gasteiger partial charge is 0.236 e. The van der Waals surface area contributed by atoms with Crippen LogP contribution in [0.25, 0.3) is 0 Å². The van der Waals surface area contributed by atoms with E-state index in [-0.39, 0.29) is 24.4 Å². The van der Waals surface area contributed by atoms with Gasteiger partial charge in [0.1, 0.15) is 6.10 Å². The average Bonchev–Trinajstić information content (AvgIpc) is 3.32. The second-order valence-electron chi connectivity index (χ2n) is 5.83. The number of amides is 1. The maximum absolute atomic E-state index is 12.2. The SMILES string of the molecule is Cl.O=C(CNCC1CC1)N1CCOC(c2ccc(Br)cc2)C1. The van der Waals surface area contributed by atoms with E-state index in [4.69, 9.17) is 4.74 Å². The second kappa shape index (κ2) is 8.29. The monoisotopic (exact) mass is 388 g/mol. The molecule has 4 nitrogen and oxygen atoms in total. The zero-order valence-corrected chi connectivity index (χ0v) is 14.9. The Bertz CT molecular complexity index is 493. The van der Waals surface area contributed by atoms with Crippen LogP contribution in [0, 0.1) is 5.92 Å². The van der Waals surface area contributed by atoms with Gasteiger partial charge in [0.25, 0.3) is 0 Å². The molecule has 1 saturated carbocycles. The van der Waals surface area contributed by atoms with E-state index in [1.165, 1.54) is 12.8 Å². The fourth-order valence-electron chi connectivity index (χ4n) is 2.57. The first-order valence-electron chi connectivity index (χ1n) is 7.58. The molecule has 0 bridgehead atoms. The Labute approximate surface area is 146 Å². The van der Waals surface area contributed by atoms with Crippen molar-refractivity contribution in [2.24, 2.45) is 5.92 Å². The van der Waals surface area contributed by atoms with Crippen LogP contribution in [0.4, 0.5) is 0 Å². The van der Waals surface area contributed by atoms with E-state index in [0.29, 0.717) is 26.2 Å². The Morgan fingerprint density at radius 3 is 2.73 bits per heavy atom. The van der Waals surface area contributed by atoms with Crippen LogP contribution in [0.15, 0.2) is 28.7 Å². The minimum Gasteiger partial charge on any atom is -0.370 e. The molecule has 1 amide bonds. The van der Waals surface area contributed by atoms with Crippen molar-refractivity contribution in [2.45, 2.75) is 18.9 Å². The number of halogens is 2. The van der Waals surface area contributed by atoms with Crippen LogP contribution in [0.1, 0.15) is 24.5 Å². The third-order valence-electron chi connectivity index (χ3n) is 4.07. The highest BCUT2D eigenvalue weighted by Gasteiger charge is 2.26. The molecule has 22 heavy (non-hydrogen) atoms. The lowest BCUT2D eigenvalue weighted by Gasteiger charge is -2.33. The maximum atomic E-state index is 12.2. The molecule has 1 N–H and O–H groups in total. The molecule has 1 aliphatic carbocycles. The number of nitrogens with one attached hydrogen (secondary N) is 1. The predicted octanol–water partition coefficient (Wildman–Crippen LogP) is 2.77. The lowest BCUT2D eigenvalue weighted by atomic mass is 10.1. The van der Waals surface area contributed by atoms with Gasteiger partial charge in [-0.15, -0.1) is 12.4 Å². The first kappa shape index (κ1) is 17.7. The lowest BCUT2D eigenvalue weighted by Crippen LogP contribution is -2.46. The van der Waals surface area contributed by atoms with Crippen molar-refractivity contribution in [3.63, 3.8) is 0 Å². The van der Waals surface area contributed by atoms with E-state index in [1.54, 1.807) is 0 Å². The van der Waals surface area contributed by atoms with Crippen molar-refractivity contribution >= 4 is 34.2 Å². The molecule has 6 heteroatoms. The number of ether oxygens (including phenoxy) is 1. The molecule has 1 heterocycles. The average molecular weight is 390 g/mol. The summed E-state index contributed by atoms with van der Waals surface area (Å²) >= 11 is 3.44. The first-order chi connectivity index (χ1) is 10.2. The number of hydrogen-bond acceptors (Lipinski definition) is 3. The van der Waals surface area contributed by atoms with Crippen LogP contribution in [0.5, 0.6) is 0 Å². The Kier molecular flexibility index (Phi) is 6.68. The third kappa shape index (κ3) is 4.95. The van der Waals surface area contributed by atoms with E-state index >= 15 is 0 Å². The van der Waals surface area contributed by atoms with Gasteiger partial charge in [-0.2, -0.15) is 0 Å². The number of carbonyl (C=O) groups is 1. The number of rotatable bonds is 5. The molecule has 1 aromatic carbocycles. The maximum Gasteiger partial charge on any atom is 0.236 e. The van der Waals surface area contributed by atoms with Gasteiger partial charge >= 0.3 is 0 Å². The van der Waals surface area contributed by atoms with Crippen LogP contribution < -0.4 is 5.32 Å². The van der Waals surface area contributed by atoms with Crippen LogP contribution in [-0.4, -0.2) is 43.6 Å². The van der Waals surface area contributed by atoms with Crippen molar-refractivity contribution in [2.75, 3.05) is 32.8 Å². The normalized spacial score (nSPS) is 21.3. The van der Waals surface area contributed by atoms with Gasteiger partial charge in [0.2, 0.25) is 5.91 Å². The molecule has 2 aliphatic rings. The topological polar surface area (TPSA) is 41.6 Å². The van der Waals surface area contributed by atoms with Gasteiger partial charge in [0.05, 0.1) is 19.7 Å². The highest BCUT2D eigenvalue weighted by Crippen LogP contribution is 2.27. The lowest BCUT2D eigenvalue weighted by molar-refractivity contribution is -0.138. The zero-order chi connectivity index (χ0) is 14.7. The van der Waals surface area contributed by atoms with E-state index in [9.17, 15) is 4.79 Å². The van der Waals surface area contributed by atoms with E-state index in [1.807, 2.05) is 29.2 Å². The number of carbonyl (C=O) groups excluding carboxylic acids is 1. The van der Waals surface area contributed by atoms with Gasteiger partial charge in [0, 0.05) is 11.0 Å². The fourth-order valence-corrected chi connectivity index (χ4v) is 2.84. The summed E-state index contributed by atoms with van der Waals surface area (Å²) in [4.78, 5) is 14.1. The van der Waals surface area contributed by atoms with E-state index < -0.39 is 0 Å². The van der Waals surface area contributed by atoms with Gasteiger partial charge in [-0.05, 0) is 43.0 Å². The summed E-state index contributed by atoms with van der Waals surface area (Å²) in [6, 6.07) is 8.12.